The van der Waals surface area contributed by atoms with E-state index >= 15 is 0 Å². The van der Waals surface area contributed by atoms with Crippen LogP contribution >= 0.6 is 0 Å². The molecule has 2 saturated heterocycles. The Kier molecular flexibility index (Phi) is 4.52. The third-order valence-electron chi connectivity index (χ3n) is 4.47. The van der Waals surface area contributed by atoms with Crippen molar-refractivity contribution in [3.63, 3.8) is 0 Å². The molecule has 2 rings (SSSR count). The molecule has 114 valence electrons. The van der Waals surface area contributed by atoms with Gasteiger partial charge in [-0.15, -0.1) is 0 Å². The van der Waals surface area contributed by atoms with Crippen molar-refractivity contribution in [3.05, 3.63) is 0 Å². The molecule has 0 aromatic carbocycles. The predicted octanol–water partition coefficient (Wildman–Crippen LogP) is 1.40. The van der Waals surface area contributed by atoms with Gasteiger partial charge in [0, 0.05) is 33.3 Å². The number of hydrogen-bond acceptors (Lipinski definition) is 3. The second-order valence-electron chi connectivity index (χ2n) is 6.12. The summed E-state index contributed by atoms with van der Waals surface area (Å²) in [6.45, 7) is 4.02. The lowest BCUT2D eigenvalue weighted by molar-refractivity contribution is -0.150. The van der Waals surface area contributed by atoms with E-state index < -0.39 is 11.4 Å². The number of urea groups is 1. The number of ether oxygens (including phenoxy) is 1. The molecule has 6 heteroatoms. The van der Waals surface area contributed by atoms with Crippen molar-refractivity contribution < 1.29 is 19.4 Å². The first-order chi connectivity index (χ1) is 9.46. The zero-order valence-electron chi connectivity index (χ0n) is 12.3. The van der Waals surface area contributed by atoms with E-state index in [9.17, 15) is 14.7 Å². The number of carbonyl (C=O) groups excluding carboxylic acids is 1. The van der Waals surface area contributed by atoms with Gasteiger partial charge in [-0.25, -0.2) is 4.79 Å². The number of rotatable bonds is 2. The standard InChI is InChI=1S/C14H24N2O4/c1-14(12(17)18)6-4-8-16(10-14)13(19)15-7-3-5-11(9-15)20-2/h11H,3-10H2,1-2H3,(H,17,18). The molecule has 0 saturated carbocycles. The minimum atomic E-state index is -0.816. The first-order valence-corrected chi connectivity index (χ1v) is 7.26. The molecule has 6 nitrogen and oxygen atoms in total. The van der Waals surface area contributed by atoms with Crippen LogP contribution in [0.3, 0.4) is 0 Å². The van der Waals surface area contributed by atoms with Gasteiger partial charge in [0.2, 0.25) is 0 Å². The highest BCUT2D eigenvalue weighted by Gasteiger charge is 2.40. The Labute approximate surface area is 119 Å². The number of carbonyl (C=O) groups is 2. The number of carboxylic acids is 1. The summed E-state index contributed by atoms with van der Waals surface area (Å²) in [6.07, 6.45) is 3.40. The minimum Gasteiger partial charge on any atom is -0.481 e. The van der Waals surface area contributed by atoms with Crippen LogP contribution in [0.15, 0.2) is 0 Å². The maximum absolute atomic E-state index is 12.5. The number of piperidine rings is 2. The largest absolute Gasteiger partial charge is 0.481 e. The molecule has 2 amide bonds. The second-order valence-corrected chi connectivity index (χ2v) is 6.12. The number of carboxylic acid groups (broad SMARTS) is 1. The van der Waals surface area contributed by atoms with E-state index in [0.717, 1.165) is 25.8 Å². The molecular weight excluding hydrogens is 260 g/mol. The van der Waals surface area contributed by atoms with Crippen LogP contribution in [0.25, 0.3) is 0 Å². The molecule has 0 radical (unpaired) electrons. The molecule has 0 bridgehead atoms. The predicted molar refractivity (Wildman–Crippen MR) is 73.5 cm³/mol. The topological polar surface area (TPSA) is 70.1 Å². The van der Waals surface area contributed by atoms with Gasteiger partial charge in [-0.3, -0.25) is 4.79 Å². The highest BCUT2D eigenvalue weighted by atomic mass is 16.5. The summed E-state index contributed by atoms with van der Waals surface area (Å²) in [6, 6.07) is -0.0427. The third kappa shape index (κ3) is 3.06. The molecule has 2 unspecified atom stereocenters. The van der Waals surface area contributed by atoms with E-state index in [-0.39, 0.29) is 12.1 Å². The van der Waals surface area contributed by atoms with Crippen molar-refractivity contribution in [3.8, 4) is 0 Å². The van der Waals surface area contributed by atoms with E-state index in [1.807, 2.05) is 0 Å². The summed E-state index contributed by atoms with van der Waals surface area (Å²) in [5, 5.41) is 9.32. The van der Waals surface area contributed by atoms with Gasteiger partial charge in [-0.2, -0.15) is 0 Å². The molecule has 2 aliphatic rings. The van der Waals surface area contributed by atoms with Crippen LogP contribution in [0.4, 0.5) is 4.79 Å². The van der Waals surface area contributed by atoms with Gasteiger partial charge in [0.1, 0.15) is 0 Å². The van der Waals surface area contributed by atoms with Gasteiger partial charge in [0.25, 0.3) is 0 Å². The molecule has 0 aliphatic carbocycles. The molecular formula is C14H24N2O4. The molecule has 0 aromatic heterocycles. The Hall–Kier alpha value is -1.30. The van der Waals surface area contributed by atoms with Gasteiger partial charge < -0.3 is 19.6 Å². The van der Waals surface area contributed by atoms with Crippen LogP contribution in [0.5, 0.6) is 0 Å². The van der Waals surface area contributed by atoms with Crippen molar-refractivity contribution in [1.82, 2.24) is 9.80 Å². The Morgan fingerprint density at radius 3 is 2.60 bits per heavy atom. The fourth-order valence-corrected chi connectivity index (χ4v) is 3.08. The van der Waals surface area contributed by atoms with Crippen LogP contribution in [-0.2, 0) is 9.53 Å². The van der Waals surface area contributed by atoms with Crippen LogP contribution in [0.2, 0.25) is 0 Å². The highest BCUT2D eigenvalue weighted by molar-refractivity contribution is 5.78. The van der Waals surface area contributed by atoms with E-state index in [0.29, 0.717) is 26.1 Å². The number of amides is 2. The molecule has 1 N–H and O–H groups in total. The molecule has 2 aliphatic heterocycles. The number of nitrogens with zero attached hydrogens (tertiary/aromatic N) is 2. The van der Waals surface area contributed by atoms with E-state index in [1.54, 1.807) is 23.8 Å². The summed E-state index contributed by atoms with van der Waals surface area (Å²) < 4.78 is 5.33. The zero-order chi connectivity index (χ0) is 14.8. The van der Waals surface area contributed by atoms with Crippen molar-refractivity contribution in [1.29, 1.82) is 0 Å². The molecule has 0 spiro atoms. The summed E-state index contributed by atoms with van der Waals surface area (Å²) in [7, 11) is 1.67. The quantitative estimate of drug-likeness (QED) is 0.832. The Morgan fingerprint density at radius 1 is 1.25 bits per heavy atom. The first-order valence-electron chi connectivity index (χ1n) is 7.26. The molecule has 0 aromatic rings. The van der Waals surface area contributed by atoms with Crippen LogP contribution < -0.4 is 0 Å². The summed E-state index contributed by atoms with van der Waals surface area (Å²) >= 11 is 0. The lowest BCUT2D eigenvalue weighted by Crippen LogP contribution is -2.54. The van der Waals surface area contributed by atoms with Gasteiger partial charge >= 0.3 is 12.0 Å². The maximum atomic E-state index is 12.5. The highest BCUT2D eigenvalue weighted by Crippen LogP contribution is 2.30. The summed E-state index contributed by atoms with van der Waals surface area (Å²) in [5.41, 5.74) is -0.815. The van der Waals surface area contributed by atoms with Gasteiger partial charge in [0.15, 0.2) is 0 Å². The SMILES string of the molecule is COC1CCCN(C(=O)N2CCCC(C)(C(=O)O)C2)C1. The van der Waals surface area contributed by atoms with Crippen molar-refractivity contribution in [2.75, 3.05) is 33.3 Å². The van der Waals surface area contributed by atoms with Gasteiger partial charge in [0.05, 0.1) is 11.5 Å². The summed E-state index contributed by atoms with van der Waals surface area (Å²) in [4.78, 5) is 27.4. The smallest absolute Gasteiger partial charge is 0.320 e. The van der Waals surface area contributed by atoms with E-state index in [4.69, 9.17) is 4.74 Å². The first kappa shape index (κ1) is 15.1. The zero-order valence-corrected chi connectivity index (χ0v) is 12.3. The van der Waals surface area contributed by atoms with Crippen LogP contribution in [-0.4, -0.2) is 66.3 Å². The van der Waals surface area contributed by atoms with Crippen molar-refractivity contribution in [2.45, 2.75) is 38.7 Å². The average molecular weight is 284 g/mol. The Balaban J connectivity index is 2.00. The van der Waals surface area contributed by atoms with Crippen molar-refractivity contribution >= 4 is 12.0 Å². The molecule has 20 heavy (non-hydrogen) atoms. The molecule has 2 atom stereocenters. The molecule has 2 fully saturated rings. The maximum Gasteiger partial charge on any atom is 0.320 e. The van der Waals surface area contributed by atoms with Crippen LogP contribution in [0, 0.1) is 5.41 Å². The normalized spacial score (nSPS) is 31.2. The average Bonchev–Trinajstić information content (AvgIpc) is 2.46. The lowest BCUT2D eigenvalue weighted by atomic mass is 9.82. The summed E-state index contributed by atoms with van der Waals surface area (Å²) in [5.74, 6) is -0.816. The fraction of sp³-hybridized carbons (Fsp3) is 0.857. The minimum absolute atomic E-state index is 0.0427. The van der Waals surface area contributed by atoms with Gasteiger partial charge in [-0.05, 0) is 32.6 Å². The number of aliphatic carboxylic acids is 1. The fourth-order valence-electron chi connectivity index (χ4n) is 3.08. The number of likely N-dealkylation sites (tertiary alicyclic amines) is 2. The van der Waals surface area contributed by atoms with Crippen molar-refractivity contribution in [2.24, 2.45) is 5.41 Å². The number of hydrogen-bond donors (Lipinski definition) is 1. The van der Waals surface area contributed by atoms with Gasteiger partial charge in [-0.1, -0.05) is 0 Å². The Bertz CT molecular complexity index is 387. The van der Waals surface area contributed by atoms with E-state index in [1.165, 1.54) is 0 Å². The number of methoxy groups -OCH3 is 1. The third-order valence-corrected chi connectivity index (χ3v) is 4.47. The van der Waals surface area contributed by atoms with E-state index in [2.05, 4.69) is 0 Å². The second kappa shape index (κ2) is 5.99. The monoisotopic (exact) mass is 284 g/mol. The Morgan fingerprint density at radius 2 is 1.95 bits per heavy atom. The van der Waals surface area contributed by atoms with Crippen LogP contribution in [0.1, 0.15) is 32.6 Å². The molecule has 2 heterocycles. The lowest BCUT2D eigenvalue weighted by Gasteiger charge is -2.41.